The van der Waals surface area contributed by atoms with Gasteiger partial charge in [-0.05, 0) is 55.0 Å². The third-order valence-electron chi connectivity index (χ3n) is 5.03. The van der Waals surface area contributed by atoms with Crippen molar-refractivity contribution < 1.29 is 9.53 Å². The summed E-state index contributed by atoms with van der Waals surface area (Å²) in [5.74, 6) is 1.31. The predicted molar refractivity (Wildman–Crippen MR) is 110 cm³/mol. The van der Waals surface area contributed by atoms with Crippen LogP contribution in [0.3, 0.4) is 0 Å². The van der Waals surface area contributed by atoms with Crippen molar-refractivity contribution in [1.82, 2.24) is 9.97 Å². The van der Waals surface area contributed by atoms with Crippen molar-refractivity contribution in [3.8, 4) is 17.0 Å². The second-order valence-corrected chi connectivity index (χ2v) is 7.00. The van der Waals surface area contributed by atoms with E-state index in [9.17, 15) is 4.79 Å². The summed E-state index contributed by atoms with van der Waals surface area (Å²) in [6.45, 7) is 1.50. The SMILES string of the molecule is COc1ccc2c(c1)CCc1nc(NC(C)=O)c(CCc3ccccc3)nc1-2. The normalized spacial score (nSPS) is 12.1. The number of carbonyl (C=O) groups excluding carboxylic acids is 1. The van der Waals surface area contributed by atoms with Crippen LogP contribution in [0.2, 0.25) is 0 Å². The Morgan fingerprint density at radius 1 is 1.07 bits per heavy atom. The minimum atomic E-state index is -0.129. The number of carbonyl (C=O) groups is 1. The largest absolute Gasteiger partial charge is 0.497 e. The van der Waals surface area contributed by atoms with Crippen LogP contribution in [0, 0.1) is 0 Å². The van der Waals surface area contributed by atoms with E-state index in [4.69, 9.17) is 14.7 Å². The highest BCUT2D eigenvalue weighted by Gasteiger charge is 2.22. The van der Waals surface area contributed by atoms with Gasteiger partial charge >= 0.3 is 0 Å². The minimum absolute atomic E-state index is 0.129. The molecule has 1 amide bonds. The molecule has 142 valence electrons. The molecule has 0 saturated carbocycles. The molecule has 0 aliphatic heterocycles. The Labute approximate surface area is 164 Å². The number of benzene rings is 2. The van der Waals surface area contributed by atoms with E-state index in [2.05, 4.69) is 29.6 Å². The van der Waals surface area contributed by atoms with Crippen molar-refractivity contribution in [2.24, 2.45) is 0 Å². The van der Waals surface area contributed by atoms with Gasteiger partial charge in [0, 0.05) is 12.5 Å². The summed E-state index contributed by atoms with van der Waals surface area (Å²) in [7, 11) is 1.68. The van der Waals surface area contributed by atoms with Crippen LogP contribution in [0.5, 0.6) is 5.75 Å². The van der Waals surface area contributed by atoms with Gasteiger partial charge in [-0.25, -0.2) is 9.97 Å². The molecule has 0 atom stereocenters. The summed E-state index contributed by atoms with van der Waals surface area (Å²) in [6, 6.07) is 16.4. The average Bonchev–Trinajstić information content (AvgIpc) is 2.72. The summed E-state index contributed by atoms with van der Waals surface area (Å²) in [5.41, 5.74) is 6.24. The molecule has 28 heavy (non-hydrogen) atoms. The number of rotatable bonds is 5. The maximum absolute atomic E-state index is 11.7. The van der Waals surface area contributed by atoms with E-state index < -0.39 is 0 Å². The third kappa shape index (κ3) is 3.74. The maximum Gasteiger partial charge on any atom is 0.222 e. The number of hydrogen-bond acceptors (Lipinski definition) is 4. The number of anilines is 1. The third-order valence-corrected chi connectivity index (χ3v) is 5.03. The topological polar surface area (TPSA) is 64.1 Å². The van der Waals surface area contributed by atoms with Crippen molar-refractivity contribution in [3.63, 3.8) is 0 Å². The number of aromatic nitrogens is 2. The van der Waals surface area contributed by atoms with E-state index in [0.29, 0.717) is 12.2 Å². The highest BCUT2D eigenvalue weighted by Crippen LogP contribution is 2.35. The van der Waals surface area contributed by atoms with Gasteiger partial charge in [-0.2, -0.15) is 0 Å². The standard InChI is InChI=1S/C23H23N3O2/c1-15(27)24-23-21(12-8-16-6-4-3-5-7-16)25-22-19-11-10-18(28-2)14-17(19)9-13-20(22)26-23/h3-7,10-11,14H,8-9,12-13H2,1-2H3,(H,24,26,27). The van der Waals surface area contributed by atoms with E-state index >= 15 is 0 Å². The molecule has 1 aliphatic rings. The zero-order valence-corrected chi connectivity index (χ0v) is 16.2. The first-order chi connectivity index (χ1) is 13.6. The quantitative estimate of drug-likeness (QED) is 0.734. The fraction of sp³-hybridized carbons (Fsp3) is 0.261. The molecular formula is C23H23N3O2. The van der Waals surface area contributed by atoms with Gasteiger partial charge in [-0.1, -0.05) is 30.3 Å². The molecule has 5 nitrogen and oxygen atoms in total. The molecule has 0 saturated heterocycles. The maximum atomic E-state index is 11.7. The van der Waals surface area contributed by atoms with Crippen LogP contribution >= 0.6 is 0 Å². The van der Waals surface area contributed by atoms with Crippen LogP contribution in [0.4, 0.5) is 5.82 Å². The first kappa shape index (κ1) is 18.2. The van der Waals surface area contributed by atoms with Gasteiger partial charge in [0.15, 0.2) is 5.82 Å². The summed E-state index contributed by atoms with van der Waals surface area (Å²) >= 11 is 0. The molecule has 0 spiro atoms. The Morgan fingerprint density at radius 2 is 1.89 bits per heavy atom. The molecule has 1 aliphatic carbocycles. The summed E-state index contributed by atoms with van der Waals surface area (Å²) in [4.78, 5) is 21.4. The van der Waals surface area contributed by atoms with Crippen LogP contribution in [-0.2, 0) is 30.5 Å². The van der Waals surface area contributed by atoms with Gasteiger partial charge in [-0.15, -0.1) is 0 Å². The zero-order chi connectivity index (χ0) is 19.5. The lowest BCUT2D eigenvalue weighted by Gasteiger charge is -2.21. The van der Waals surface area contributed by atoms with E-state index in [1.54, 1.807) is 7.11 Å². The van der Waals surface area contributed by atoms with Gasteiger partial charge in [0.25, 0.3) is 0 Å². The molecular weight excluding hydrogens is 350 g/mol. The molecule has 0 unspecified atom stereocenters. The second kappa shape index (κ2) is 7.80. The number of ether oxygens (including phenoxy) is 1. The molecule has 0 bridgehead atoms. The first-order valence-corrected chi connectivity index (χ1v) is 9.52. The summed E-state index contributed by atoms with van der Waals surface area (Å²) in [6.07, 6.45) is 3.24. The lowest BCUT2D eigenvalue weighted by atomic mass is 9.91. The summed E-state index contributed by atoms with van der Waals surface area (Å²) < 4.78 is 5.36. The van der Waals surface area contributed by atoms with E-state index in [0.717, 1.165) is 47.7 Å². The highest BCUT2D eigenvalue weighted by molar-refractivity contribution is 5.88. The van der Waals surface area contributed by atoms with Crippen molar-refractivity contribution in [3.05, 3.63) is 71.0 Å². The molecule has 1 aromatic heterocycles. The van der Waals surface area contributed by atoms with Crippen LogP contribution in [0.25, 0.3) is 11.3 Å². The number of amides is 1. The molecule has 2 aromatic carbocycles. The van der Waals surface area contributed by atoms with Crippen molar-refractivity contribution in [2.75, 3.05) is 12.4 Å². The van der Waals surface area contributed by atoms with Crippen molar-refractivity contribution in [1.29, 1.82) is 0 Å². The molecule has 1 N–H and O–H groups in total. The Bertz CT molecular complexity index is 1020. The number of fused-ring (bicyclic) bond motifs is 3. The Hall–Kier alpha value is -3.21. The number of methoxy groups -OCH3 is 1. The molecule has 3 aromatic rings. The average molecular weight is 373 g/mol. The highest BCUT2D eigenvalue weighted by atomic mass is 16.5. The first-order valence-electron chi connectivity index (χ1n) is 9.52. The van der Waals surface area contributed by atoms with Crippen LogP contribution < -0.4 is 10.1 Å². The monoisotopic (exact) mass is 373 g/mol. The zero-order valence-electron chi connectivity index (χ0n) is 16.2. The Kier molecular flexibility index (Phi) is 5.06. The van der Waals surface area contributed by atoms with Crippen LogP contribution in [-0.4, -0.2) is 23.0 Å². The van der Waals surface area contributed by atoms with Crippen LogP contribution in [0.15, 0.2) is 48.5 Å². The molecule has 0 radical (unpaired) electrons. The Morgan fingerprint density at radius 3 is 2.64 bits per heavy atom. The van der Waals surface area contributed by atoms with Gasteiger partial charge in [-0.3, -0.25) is 4.79 Å². The van der Waals surface area contributed by atoms with Crippen molar-refractivity contribution in [2.45, 2.75) is 32.6 Å². The number of nitrogens with zero attached hydrogens (tertiary/aromatic N) is 2. The van der Waals surface area contributed by atoms with Gasteiger partial charge in [0.1, 0.15) is 5.75 Å². The molecule has 1 heterocycles. The van der Waals surface area contributed by atoms with E-state index in [1.165, 1.54) is 18.1 Å². The lowest BCUT2D eigenvalue weighted by Crippen LogP contribution is -2.16. The molecule has 4 rings (SSSR count). The number of aryl methyl sites for hydroxylation is 4. The predicted octanol–water partition coefficient (Wildman–Crippen LogP) is 3.99. The van der Waals surface area contributed by atoms with E-state index in [1.807, 2.05) is 24.3 Å². The Balaban J connectivity index is 1.72. The fourth-order valence-corrected chi connectivity index (χ4v) is 3.63. The minimum Gasteiger partial charge on any atom is -0.497 e. The van der Waals surface area contributed by atoms with Gasteiger partial charge < -0.3 is 10.1 Å². The number of nitrogens with one attached hydrogen (secondary N) is 1. The lowest BCUT2D eigenvalue weighted by molar-refractivity contribution is -0.114. The summed E-state index contributed by atoms with van der Waals surface area (Å²) in [5, 5.41) is 2.87. The fourth-order valence-electron chi connectivity index (χ4n) is 3.63. The van der Waals surface area contributed by atoms with E-state index in [-0.39, 0.29) is 5.91 Å². The smallest absolute Gasteiger partial charge is 0.222 e. The number of hydrogen-bond donors (Lipinski definition) is 1. The van der Waals surface area contributed by atoms with Gasteiger partial charge in [0.2, 0.25) is 5.91 Å². The second-order valence-electron chi connectivity index (χ2n) is 7.00. The van der Waals surface area contributed by atoms with Gasteiger partial charge in [0.05, 0.1) is 24.2 Å². The van der Waals surface area contributed by atoms with Crippen molar-refractivity contribution >= 4 is 11.7 Å². The molecule has 5 heteroatoms. The van der Waals surface area contributed by atoms with Crippen LogP contribution in [0.1, 0.15) is 29.4 Å². The molecule has 0 fully saturated rings.